The van der Waals surface area contributed by atoms with Gasteiger partial charge in [-0.25, -0.2) is 24.3 Å². The molecule has 2 aliphatic rings. The number of aromatic nitrogens is 4. The topological polar surface area (TPSA) is 196 Å². The molecule has 0 aliphatic carbocycles. The maximum absolute atomic E-state index is 16.2. The molecule has 4 atom stereocenters. The number of nitrogen functional groups attached to an aromatic ring is 2. The number of amidine groups is 1. The first kappa shape index (κ1) is 27.3. The molecule has 1 saturated heterocycles. The standard InChI is InChI=1S/C24H25F3N8O5/c1-9-16-19(34-23(29)31-9)24(26,27)18(33-21(16)35-40-8-15-17(37)14(36)7-39-15)11-4-3-10(25)5-12(11)13-6-30-20(28)22(32-13)38-2/h3-6,14-15,17-18,36-37H,7-8H2,1-2H3,(H2,28,30)(H,33,35)(H2,29,31,34)/t14?,15?,17?,18-/m0/s1. The van der Waals surface area contributed by atoms with Crippen molar-refractivity contribution in [2.45, 2.75) is 37.2 Å². The van der Waals surface area contributed by atoms with Crippen molar-refractivity contribution in [3.05, 3.63) is 52.7 Å². The monoisotopic (exact) mass is 562 g/mol. The van der Waals surface area contributed by atoms with Crippen LogP contribution in [0.5, 0.6) is 5.88 Å². The van der Waals surface area contributed by atoms with Crippen molar-refractivity contribution < 1.29 is 37.7 Å². The molecule has 13 nitrogen and oxygen atoms in total. The van der Waals surface area contributed by atoms with Gasteiger partial charge >= 0.3 is 5.92 Å². The van der Waals surface area contributed by atoms with Gasteiger partial charge in [0.1, 0.15) is 42.5 Å². The number of nitrogens with two attached hydrogens (primary N) is 2. The molecule has 1 aromatic carbocycles. The zero-order valence-corrected chi connectivity index (χ0v) is 21.2. The highest BCUT2D eigenvalue weighted by atomic mass is 19.3. The summed E-state index contributed by atoms with van der Waals surface area (Å²) < 4.78 is 57.1. The number of hydrogen-bond acceptors (Lipinski definition) is 12. The molecule has 0 radical (unpaired) electrons. The van der Waals surface area contributed by atoms with E-state index in [1.54, 1.807) is 0 Å². The summed E-state index contributed by atoms with van der Waals surface area (Å²) in [6, 6.07) is 1.35. The summed E-state index contributed by atoms with van der Waals surface area (Å²) in [7, 11) is 1.30. The number of aliphatic hydroxyl groups excluding tert-OH is 2. The first-order chi connectivity index (χ1) is 19.0. The lowest BCUT2D eigenvalue weighted by Crippen LogP contribution is -2.47. The summed E-state index contributed by atoms with van der Waals surface area (Å²) in [6.45, 7) is 1.06. The summed E-state index contributed by atoms with van der Waals surface area (Å²) in [5, 5.41) is 26.3. The smallest absolute Gasteiger partial charge is 0.314 e. The number of hydrogen-bond donors (Lipinski definition) is 5. The molecule has 0 amide bonds. The van der Waals surface area contributed by atoms with Crippen LogP contribution in [0.1, 0.15) is 28.6 Å². The molecule has 16 heteroatoms. The van der Waals surface area contributed by atoms with E-state index >= 15 is 8.78 Å². The molecule has 5 rings (SSSR count). The Labute approximate surface area is 225 Å². The Morgan fingerprint density at radius 3 is 2.70 bits per heavy atom. The van der Waals surface area contributed by atoms with E-state index in [0.717, 1.165) is 12.1 Å². The first-order valence-electron chi connectivity index (χ1n) is 11.9. The third-order valence-corrected chi connectivity index (χ3v) is 6.52. The fourth-order valence-corrected chi connectivity index (χ4v) is 4.55. The van der Waals surface area contributed by atoms with Crippen LogP contribution in [-0.2, 0) is 15.5 Å². The Morgan fingerprint density at radius 2 is 2.00 bits per heavy atom. The van der Waals surface area contributed by atoms with Crippen LogP contribution in [0.4, 0.5) is 24.9 Å². The number of methoxy groups -OCH3 is 1. The van der Waals surface area contributed by atoms with Crippen molar-refractivity contribution in [1.82, 2.24) is 25.3 Å². The van der Waals surface area contributed by atoms with E-state index in [-0.39, 0.29) is 64.8 Å². The van der Waals surface area contributed by atoms with Gasteiger partial charge in [-0.2, -0.15) is 8.78 Å². The SMILES string of the molecule is COc1nc(-c2cc(F)ccc2[C@@H]2N/C(=N\OCC3OCC(O)C3O)c3c(C)nc(N)nc3C2(F)F)cnc1N. The summed E-state index contributed by atoms with van der Waals surface area (Å²) in [6.07, 6.45) is -2.00. The zero-order valence-electron chi connectivity index (χ0n) is 21.2. The van der Waals surface area contributed by atoms with Crippen LogP contribution in [-0.4, -0.2) is 74.6 Å². The molecular weight excluding hydrogens is 537 g/mol. The lowest BCUT2D eigenvalue weighted by atomic mass is 9.87. The fourth-order valence-electron chi connectivity index (χ4n) is 4.55. The van der Waals surface area contributed by atoms with Gasteiger partial charge in [-0.05, 0) is 24.6 Å². The van der Waals surface area contributed by atoms with Crippen molar-refractivity contribution in [2.24, 2.45) is 5.16 Å². The molecule has 3 unspecified atom stereocenters. The second kappa shape index (κ2) is 10.4. The molecule has 0 spiro atoms. The fraction of sp³-hybridized carbons (Fsp3) is 0.375. The number of fused-ring (bicyclic) bond motifs is 1. The van der Waals surface area contributed by atoms with E-state index in [2.05, 4.69) is 30.4 Å². The molecule has 4 heterocycles. The highest BCUT2D eigenvalue weighted by Gasteiger charge is 2.52. The Kier molecular flexibility index (Phi) is 7.07. The van der Waals surface area contributed by atoms with E-state index in [1.165, 1.54) is 26.3 Å². The number of aliphatic hydroxyl groups is 2. The number of ether oxygens (including phenoxy) is 2. The van der Waals surface area contributed by atoms with E-state index in [4.69, 9.17) is 25.8 Å². The minimum Gasteiger partial charge on any atom is -0.478 e. The molecule has 212 valence electrons. The Bertz CT molecular complexity index is 1480. The summed E-state index contributed by atoms with van der Waals surface area (Å²) in [5.41, 5.74) is 10.6. The normalized spacial score (nSPS) is 24.4. The van der Waals surface area contributed by atoms with Crippen molar-refractivity contribution >= 4 is 17.6 Å². The van der Waals surface area contributed by atoms with E-state index in [9.17, 15) is 14.6 Å². The highest BCUT2D eigenvalue weighted by molar-refractivity contribution is 6.02. The van der Waals surface area contributed by atoms with Crippen molar-refractivity contribution in [3.8, 4) is 17.1 Å². The van der Waals surface area contributed by atoms with Crippen LogP contribution < -0.4 is 21.5 Å². The van der Waals surface area contributed by atoms with Gasteiger partial charge in [0.05, 0.1) is 36.9 Å². The third-order valence-electron chi connectivity index (χ3n) is 6.52. The molecular formula is C24H25F3N8O5. The molecule has 0 bridgehead atoms. The average Bonchev–Trinajstić information content (AvgIpc) is 3.23. The number of oxime groups is 1. The van der Waals surface area contributed by atoms with E-state index < -0.39 is 41.8 Å². The van der Waals surface area contributed by atoms with Crippen LogP contribution >= 0.6 is 0 Å². The first-order valence-corrected chi connectivity index (χ1v) is 11.9. The number of nitrogens with zero attached hydrogens (tertiary/aromatic N) is 5. The number of alkyl halides is 2. The Hall–Kier alpha value is -4.28. The predicted octanol–water partition coefficient (Wildman–Crippen LogP) is 0.789. The summed E-state index contributed by atoms with van der Waals surface area (Å²) >= 11 is 0. The second-order valence-corrected chi connectivity index (χ2v) is 9.14. The van der Waals surface area contributed by atoms with Crippen LogP contribution in [0, 0.1) is 12.7 Å². The number of anilines is 2. The number of halogens is 3. The van der Waals surface area contributed by atoms with E-state index in [1.807, 2.05) is 0 Å². The number of nitrogens with one attached hydrogen (secondary N) is 1. The van der Waals surface area contributed by atoms with Gasteiger partial charge in [-0.1, -0.05) is 11.2 Å². The van der Waals surface area contributed by atoms with Crippen LogP contribution in [0.25, 0.3) is 11.3 Å². The van der Waals surface area contributed by atoms with Crippen molar-refractivity contribution in [3.63, 3.8) is 0 Å². The van der Waals surface area contributed by atoms with Gasteiger partial charge in [0.25, 0.3) is 5.88 Å². The lowest BCUT2D eigenvalue weighted by molar-refractivity contribution is -0.0485. The maximum Gasteiger partial charge on any atom is 0.314 e. The maximum atomic E-state index is 16.2. The van der Waals surface area contributed by atoms with E-state index in [0.29, 0.717) is 0 Å². The van der Waals surface area contributed by atoms with Gasteiger partial charge in [-0.3, -0.25) is 0 Å². The Morgan fingerprint density at radius 1 is 1.23 bits per heavy atom. The molecule has 1 fully saturated rings. The van der Waals surface area contributed by atoms with Crippen LogP contribution in [0.3, 0.4) is 0 Å². The number of benzene rings is 1. The molecule has 0 saturated carbocycles. The number of aryl methyl sites for hydroxylation is 1. The third kappa shape index (κ3) is 4.80. The average molecular weight is 563 g/mol. The predicted molar refractivity (Wildman–Crippen MR) is 134 cm³/mol. The molecule has 7 N–H and O–H groups in total. The quantitative estimate of drug-likeness (QED) is 0.265. The minimum absolute atomic E-state index is 0.0167. The van der Waals surface area contributed by atoms with Crippen molar-refractivity contribution in [2.75, 3.05) is 31.8 Å². The molecule has 2 aromatic heterocycles. The van der Waals surface area contributed by atoms with Gasteiger partial charge in [-0.15, -0.1) is 0 Å². The number of rotatable bonds is 6. The van der Waals surface area contributed by atoms with Gasteiger partial charge < -0.3 is 41.3 Å². The highest BCUT2D eigenvalue weighted by Crippen LogP contribution is 2.47. The molecule has 2 aliphatic heterocycles. The van der Waals surface area contributed by atoms with Crippen molar-refractivity contribution in [1.29, 1.82) is 0 Å². The summed E-state index contributed by atoms with van der Waals surface area (Å²) in [5.74, 6) is -5.11. The second-order valence-electron chi connectivity index (χ2n) is 9.14. The lowest BCUT2D eigenvalue weighted by Gasteiger charge is -2.36. The van der Waals surface area contributed by atoms with Crippen LogP contribution in [0.15, 0.2) is 29.6 Å². The summed E-state index contributed by atoms with van der Waals surface area (Å²) in [4.78, 5) is 21.3. The van der Waals surface area contributed by atoms with Gasteiger partial charge in [0, 0.05) is 5.56 Å². The Balaban J connectivity index is 1.60. The molecule has 40 heavy (non-hydrogen) atoms. The van der Waals surface area contributed by atoms with Gasteiger partial charge in [0.15, 0.2) is 11.7 Å². The largest absolute Gasteiger partial charge is 0.478 e. The molecule has 3 aromatic rings. The minimum atomic E-state index is -3.72. The van der Waals surface area contributed by atoms with Gasteiger partial charge in [0.2, 0.25) is 5.95 Å². The zero-order chi connectivity index (χ0) is 28.8. The van der Waals surface area contributed by atoms with Crippen LogP contribution in [0.2, 0.25) is 0 Å².